The van der Waals surface area contributed by atoms with E-state index in [0.717, 1.165) is 40.9 Å². The maximum absolute atomic E-state index is 13.8. The number of halogens is 6. The molecule has 0 bridgehead atoms. The molecule has 2 aliphatic carbocycles. The molecule has 1 fully saturated rings. The van der Waals surface area contributed by atoms with Crippen LogP contribution in [0.4, 0.5) is 23.2 Å². The summed E-state index contributed by atoms with van der Waals surface area (Å²) in [5.41, 5.74) is -0.857. The van der Waals surface area contributed by atoms with E-state index in [4.69, 9.17) is 16.3 Å². The fourth-order valence-corrected chi connectivity index (χ4v) is 6.11. The molecule has 0 saturated heterocycles. The number of rotatable bonds is 3. The van der Waals surface area contributed by atoms with Gasteiger partial charge in [0.15, 0.2) is 0 Å². The minimum atomic E-state index is -5.29. The molecule has 4 rings (SSSR count). The van der Waals surface area contributed by atoms with Crippen LogP contribution in [0.5, 0.6) is 0 Å². The third kappa shape index (κ3) is 3.82. The highest BCUT2D eigenvalue weighted by Gasteiger charge is 2.59. The number of methoxy groups -OCH3 is 1. The molecule has 0 N–H and O–H groups in total. The number of esters is 1. The van der Waals surface area contributed by atoms with E-state index in [-0.39, 0.29) is 31.4 Å². The second-order valence-corrected chi connectivity index (χ2v) is 9.68. The van der Waals surface area contributed by atoms with Gasteiger partial charge in [-0.25, -0.2) is 9.18 Å². The summed E-state index contributed by atoms with van der Waals surface area (Å²) in [5.74, 6) is -4.10. The third-order valence-corrected chi connectivity index (χ3v) is 8.02. The summed E-state index contributed by atoms with van der Waals surface area (Å²) in [6.45, 7) is 0. The normalized spacial score (nSPS) is 23.9. The van der Waals surface area contributed by atoms with Gasteiger partial charge in [-0.2, -0.15) is 13.2 Å². The Morgan fingerprint density at radius 1 is 1.09 bits per heavy atom. The summed E-state index contributed by atoms with van der Waals surface area (Å²) >= 11 is 9.44. The number of alkyl halides is 3. The quantitative estimate of drug-likeness (QED) is 0.316. The number of carbonyl (C=O) groups is 2. The molecule has 0 radical (unpaired) electrons. The lowest BCUT2D eigenvalue weighted by molar-refractivity contribution is -0.174. The molecule has 34 heavy (non-hydrogen) atoms. The lowest BCUT2D eigenvalue weighted by Crippen LogP contribution is -2.63. The van der Waals surface area contributed by atoms with Crippen molar-refractivity contribution in [2.45, 2.75) is 42.8 Å². The van der Waals surface area contributed by atoms with Crippen molar-refractivity contribution < 1.29 is 31.9 Å². The number of amides is 1. The van der Waals surface area contributed by atoms with E-state index in [9.17, 15) is 27.2 Å². The molecule has 180 valence electrons. The van der Waals surface area contributed by atoms with Crippen molar-refractivity contribution in [2.24, 2.45) is 0 Å². The number of carbonyl (C=O) groups excluding carboxylic acids is 2. The van der Waals surface area contributed by atoms with Gasteiger partial charge in [-0.3, -0.25) is 9.69 Å². The van der Waals surface area contributed by atoms with Gasteiger partial charge in [0.1, 0.15) is 11.4 Å². The zero-order valence-corrected chi connectivity index (χ0v) is 20.2. The summed E-state index contributed by atoms with van der Waals surface area (Å²) in [5, 5.41) is -0.472. The standard InChI is InChI=1S/C24H19BrClF4NO3/c1-34-21(33)23(31(20(32)24(28,29)30)15-6-7-18(27)17(26)13-15)10-8-22(9-11-23)16-5-3-2-4-14(16)12-19(22)25/h2-7,12-13H,8-11H2,1H3. The molecular formula is C24H19BrClF4NO3. The van der Waals surface area contributed by atoms with Gasteiger partial charge in [-0.1, -0.05) is 51.8 Å². The number of benzene rings is 2. The van der Waals surface area contributed by atoms with Gasteiger partial charge in [0, 0.05) is 15.6 Å². The van der Waals surface area contributed by atoms with Gasteiger partial charge in [0.2, 0.25) is 0 Å². The van der Waals surface area contributed by atoms with Crippen LogP contribution in [0.25, 0.3) is 6.08 Å². The highest BCUT2D eigenvalue weighted by Crippen LogP contribution is 2.56. The van der Waals surface area contributed by atoms with Crippen molar-refractivity contribution in [3.05, 3.63) is 68.9 Å². The molecule has 4 nitrogen and oxygen atoms in total. The number of hydrogen-bond donors (Lipinski definition) is 0. The van der Waals surface area contributed by atoms with Crippen molar-refractivity contribution in [3.8, 4) is 0 Å². The maximum Gasteiger partial charge on any atom is 0.471 e. The van der Waals surface area contributed by atoms with Crippen molar-refractivity contribution >= 4 is 51.2 Å². The number of hydrogen-bond acceptors (Lipinski definition) is 3. The smallest absolute Gasteiger partial charge is 0.467 e. The Balaban J connectivity index is 1.83. The Hall–Kier alpha value is -2.39. The highest BCUT2D eigenvalue weighted by molar-refractivity contribution is 9.11. The number of nitrogens with zero attached hydrogens (tertiary/aromatic N) is 1. The van der Waals surface area contributed by atoms with Gasteiger partial charge in [-0.15, -0.1) is 0 Å². The van der Waals surface area contributed by atoms with E-state index in [1.807, 2.05) is 30.3 Å². The van der Waals surface area contributed by atoms with Crippen LogP contribution < -0.4 is 4.90 Å². The van der Waals surface area contributed by atoms with Crippen LogP contribution in [-0.2, 0) is 19.7 Å². The molecule has 10 heteroatoms. The lowest BCUT2D eigenvalue weighted by Gasteiger charge is -2.49. The Morgan fingerprint density at radius 3 is 2.32 bits per heavy atom. The van der Waals surface area contributed by atoms with E-state index < -0.39 is 39.8 Å². The van der Waals surface area contributed by atoms with Crippen molar-refractivity contribution in [2.75, 3.05) is 12.0 Å². The van der Waals surface area contributed by atoms with Gasteiger partial charge >= 0.3 is 18.1 Å². The van der Waals surface area contributed by atoms with Crippen LogP contribution in [0.15, 0.2) is 46.9 Å². The molecule has 0 atom stereocenters. The first-order chi connectivity index (χ1) is 16.0. The fourth-order valence-electron chi connectivity index (χ4n) is 5.08. The zero-order chi connectivity index (χ0) is 24.9. The molecule has 0 heterocycles. The number of fused-ring (bicyclic) bond motifs is 2. The van der Waals surface area contributed by atoms with Crippen LogP contribution >= 0.6 is 27.5 Å². The topological polar surface area (TPSA) is 46.6 Å². The van der Waals surface area contributed by atoms with Crippen LogP contribution in [0.2, 0.25) is 5.02 Å². The summed E-state index contributed by atoms with van der Waals surface area (Å²) in [6.07, 6.45) is -3.03. The number of anilines is 1. The lowest BCUT2D eigenvalue weighted by atomic mass is 9.64. The summed E-state index contributed by atoms with van der Waals surface area (Å²) < 4.78 is 60.8. The third-order valence-electron chi connectivity index (χ3n) is 6.75. The van der Waals surface area contributed by atoms with E-state index in [1.165, 1.54) is 0 Å². The minimum Gasteiger partial charge on any atom is -0.467 e. The van der Waals surface area contributed by atoms with Crippen LogP contribution in [0.1, 0.15) is 36.8 Å². The average molecular weight is 561 g/mol. The van der Waals surface area contributed by atoms with Gasteiger partial charge < -0.3 is 4.74 Å². The Bertz CT molecular complexity index is 1190. The molecule has 0 aliphatic heterocycles. The predicted octanol–water partition coefficient (Wildman–Crippen LogP) is 6.55. The Morgan fingerprint density at radius 2 is 1.74 bits per heavy atom. The second kappa shape index (κ2) is 8.68. The van der Waals surface area contributed by atoms with Crippen LogP contribution in [0, 0.1) is 5.82 Å². The van der Waals surface area contributed by atoms with Gasteiger partial charge in [-0.05, 0) is 61.1 Å². The monoisotopic (exact) mass is 559 g/mol. The molecular weight excluding hydrogens is 542 g/mol. The van der Waals surface area contributed by atoms with Crippen molar-refractivity contribution in [1.29, 1.82) is 0 Å². The van der Waals surface area contributed by atoms with Crippen molar-refractivity contribution in [3.63, 3.8) is 0 Å². The van der Waals surface area contributed by atoms with Gasteiger partial charge in [0.05, 0.1) is 12.1 Å². The van der Waals surface area contributed by atoms with Gasteiger partial charge in [0.25, 0.3) is 0 Å². The first-order valence-corrected chi connectivity index (χ1v) is 11.6. The molecule has 2 aromatic rings. The Labute approximate surface area is 206 Å². The highest BCUT2D eigenvalue weighted by atomic mass is 79.9. The molecule has 0 aromatic heterocycles. The number of ether oxygens (including phenoxy) is 1. The zero-order valence-electron chi connectivity index (χ0n) is 17.9. The molecule has 1 spiro atoms. The summed E-state index contributed by atoms with van der Waals surface area (Å²) in [7, 11) is 1.06. The molecule has 2 aliphatic rings. The Kier molecular flexibility index (Phi) is 6.31. The SMILES string of the molecule is COC(=O)C1(N(C(=O)C(F)(F)F)c2ccc(F)c(Cl)c2)CCC2(CC1)C(Br)=Cc1ccccc12. The largest absolute Gasteiger partial charge is 0.471 e. The first kappa shape index (κ1) is 24.7. The molecule has 1 saturated carbocycles. The fraction of sp³-hybridized carbons (Fsp3) is 0.333. The molecule has 2 aromatic carbocycles. The summed E-state index contributed by atoms with van der Waals surface area (Å²) in [4.78, 5) is 26.2. The van der Waals surface area contributed by atoms with E-state index >= 15 is 0 Å². The van der Waals surface area contributed by atoms with E-state index in [2.05, 4.69) is 15.9 Å². The molecule has 0 unspecified atom stereocenters. The minimum absolute atomic E-state index is 0.117. The maximum atomic E-state index is 13.8. The van der Waals surface area contributed by atoms with Crippen LogP contribution in [-0.4, -0.2) is 30.7 Å². The first-order valence-electron chi connectivity index (χ1n) is 10.4. The second-order valence-electron chi connectivity index (χ2n) is 8.42. The summed E-state index contributed by atoms with van der Waals surface area (Å²) in [6, 6.07) is 10.4. The van der Waals surface area contributed by atoms with E-state index in [1.54, 1.807) is 0 Å². The van der Waals surface area contributed by atoms with E-state index in [0.29, 0.717) is 4.90 Å². The molecule has 1 amide bonds. The van der Waals surface area contributed by atoms with Crippen molar-refractivity contribution in [1.82, 2.24) is 0 Å². The number of allylic oxidation sites excluding steroid dienone is 1. The average Bonchev–Trinajstić information content (AvgIpc) is 3.07. The predicted molar refractivity (Wildman–Crippen MR) is 123 cm³/mol. The van der Waals surface area contributed by atoms with Crippen LogP contribution in [0.3, 0.4) is 0 Å².